The van der Waals surface area contributed by atoms with Gasteiger partial charge in [-0.3, -0.25) is 14.7 Å². The van der Waals surface area contributed by atoms with Crippen LogP contribution in [-0.2, 0) is 23.7 Å². The summed E-state index contributed by atoms with van der Waals surface area (Å²) in [5, 5.41) is 15.7. The van der Waals surface area contributed by atoms with Crippen LogP contribution in [0.1, 0.15) is 58.6 Å². The maximum absolute atomic E-state index is 14.2. The fraction of sp³-hybridized carbons (Fsp3) is 0.455. The van der Waals surface area contributed by atoms with Crippen molar-refractivity contribution < 1.29 is 27.2 Å². The largest absolute Gasteiger partial charge is 0.360 e. The first-order valence-electron chi connectivity index (χ1n) is 10.5. The van der Waals surface area contributed by atoms with Gasteiger partial charge in [-0.15, -0.1) is 0 Å². The molecule has 11 heteroatoms. The first-order chi connectivity index (χ1) is 15.6. The number of piperidine rings is 1. The number of nitriles is 1. The Labute approximate surface area is 187 Å². The summed E-state index contributed by atoms with van der Waals surface area (Å²) in [6.45, 7) is 2.72. The van der Waals surface area contributed by atoms with E-state index in [4.69, 9.17) is 5.26 Å². The predicted molar refractivity (Wildman–Crippen MR) is 107 cm³/mol. The molecule has 1 fully saturated rings. The molecule has 2 amide bonds. The first-order valence-corrected chi connectivity index (χ1v) is 10.5. The molecule has 1 saturated heterocycles. The Bertz CT molecular complexity index is 1150. The number of aromatic amines is 1. The number of halogens is 4. The van der Waals surface area contributed by atoms with E-state index in [1.807, 2.05) is 0 Å². The van der Waals surface area contributed by atoms with E-state index >= 15 is 0 Å². The Hall–Kier alpha value is -3.42. The lowest BCUT2D eigenvalue weighted by Gasteiger charge is -2.33. The highest BCUT2D eigenvalue weighted by atomic mass is 19.3. The zero-order valence-corrected chi connectivity index (χ0v) is 17.8. The second-order valence-electron chi connectivity index (χ2n) is 8.30. The van der Waals surface area contributed by atoms with Crippen LogP contribution < -0.4 is 0 Å². The van der Waals surface area contributed by atoms with Crippen molar-refractivity contribution in [2.45, 2.75) is 44.6 Å². The maximum atomic E-state index is 14.2. The second kappa shape index (κ2) is 8.50. The number of nitrogens with zero attached hydrogens (tertiary/aromatic N) is 4. The third kappa shape index (κ3) is 4.05. The van der Waals surface area contributed by atoms with Gasteiger partial charge in [0.25, 0.3) is 5.91 Å². The van der Waals surface area contributed by atoms with Gasteiger partial charge in [-0.2, -0.15) is 19.1 Å². The SMILES string of the molecule is CC(=O)N1CCc2c(C(=O)N3CCC(c4ccc(F)c(F)c4C(F)(F)C#N)CC3)n[nH]c2C1. The van der Waals surface area contributed by atoms with Crippen LogP contribution in [0.4, 0.5) is 17.6 Å². The molecule has 4 rings (SSSR count). The van der Waals surface area contributed by atoms with Gasteiger partial charge >= 0.3 is 5.92 Å². The van der Waals surface area contributed by atoms with Gasteiger partial charge in [0.15, 0.2) is 17.3 Å². The molecule has 0 spiro atoms. The number of rotatable bonds is 3. The summed E-state index contributed by atoms with van der Waals surface area (Å²) in [6, 6.07) is 2.62. The Balaban J connectivity index is 1.50. The number of fused-ring (bicyclic) bond motifs is 1. The van der Waals surface area contributed by atoms with E-state index in [0.717, 1.165) is 23.8 Å². The standard InChI is InChI=1S/C22H21F4N5O2/c1-12(32)31-9-6-15-17(10-31)28-29-20(15)21(33)30-7-4-13(5-8-30)14-2-3-16(23)19(24)18(14)22(25,26)11-27/h2-3,13H,4-10H2,1H3,(H,28,29). The quantitative estimate of drug-likeness (QED) is 0.708. The Morgan fingerprint density at radius 1 is 1.18 bits per heavy atom. The molecule has 1 N–H and O–H groups in total. The van der Waals surface area contributed by atoms with Crippen LogP contribution in [0, 0.1) is 23.0 Å². The smallest absolute Gasteiger partial charge is 0.337 e. The highest BCUT2D eigenvalue weighted by Gasteiger charge is 2.41. The van der Waals surface area contributed by atoms with Crippen LogP contribution >= 0.6 is 0 Å². The van der Waals surface area contributed by atoms with Gasteiger partial charge in [0.1, 0.15) is 6.07 Å². The van der Waals surface area contributed by atoms with Crippen molar-refractivity contribution in [1.29, 1.82) is 5.26 Å². The maximum Gasteiger partial charge on any atom is 0.360 e. The average molecular weight is 463 g/mol. The van der Waals surface area contributed by atoms with Crippen LogP contribution in [0.2, 0.25) is 0 Å². The zero-order valence-electron chi connectivity index (χ0n) is 17.8. The Kier molecular flexibility index (Phi) is 5.86. The van der Waals surface area contributed by atoms with Crippen molar-refractivity contribution in [3.8, 4) is 6.07 Å². The summed E-state index contributed by atoms with van der Waals surface area (Å²) in [7, 11) is 0. The Morgan fingerprint density at radius 3 is 2.52 bits per heavy atom. The average Bonchev–Trinajstić information content (AvgIpc) is 3.23. The number of aromatic nitrogens is 2. The molecule has 3 heterocycles. The molecular weight excluding hydrogens is 442 g/mol. The number of amides is 2. The van der Waals surface area contributed by atoms with Crippen LogP contribution in [0.5, 0.6) is 0 Å². The minimum absolute atomic E-state index is 0.0660. The molecule has 1 aromatic heterocycles. The van der Waals surface area contributed by atoms with E-state index in [9.17, 15) is 27.2 Å². The number of alkyl halides is 2. The van der Waals surface area contributed by atoms with Gasteiger partial charge in [0.05, 0.1) is 17.8 Å². The lowest BCUT2D eigenvalue weighted by Crippen LogP contribution is -2.39. The van der Waals surface area contributed by atoms with Gasteiger partial charge in [-0.1, -0.05) is 6.07 Å². The summed E-state index contributed by atoms with van der Waals surface area (Å²) in [5.74, 6) is -8.27. The van der Waals surface area contributed by atoms with E-state index < -0.39 is 29.0 Å². The molecule has 0 atom stereocenters. The number of carbonyl (C=O) groups excluding carboxylic acids is 2. The monoisotopic (exact) mass is 463 g/mol. The predicted octanol–water partition coefficient (Wildman–Crippen LogP) is 3.23. The van der Waals surface area contributed by atoms with Crippen molar-refractivity contribution in [2.75, 3.05) is 19.6 Å². The molecular formula is C22H21F4N5O2. The zero-order chi connectivity index (χ0) is 23.9. The van der Waals surface area contributed by atoms with Crippen LogP contribution in [0.3, 0.4) is 0 Å². The number of hydrogen-bond donors (Lipinski definition) is 1. The molecule has 0 aliphatic carbocycles. The molecule has 33 heavy (non-hydrogen) atoms. The molecule has 2 aromatic rings. The number of carbonyl (C=O) groups is 2. The van der Waals surface area contributed by atoms with E-state index in [1.165, 1.54) is 6.92 Å². The molecule has 2 aliphatic rings. The van der Waals surface area contributed by atoms with Gasteiger partial charge in [0.2, 0.25) is 5.91 Å². The van der Waals surface area contributed by atoms with Crippen molar-refractivity contribution in [2.24, 2.45) is 0 Å². The molecule has 0 bridgehead atoms. The van der Waals surface area contributed by atoms with E-state index in [-0.39, 0.29) is 49.0 Å². The molecule has 7 nitrogen and oxygen atoms in total. The summed E-state index contributed by atoms with van der Waals surface area (Å²) >= 11 is 0. The minimum Gasteiger partial charge on any atom is -0.337 e. The second-order valence-corrected chi connectivity index (χ2v) is 8.30. The molecule has 1 aromatic carbocycles. The molecule has 174 valence electrons. The number of benzene rings is 1. The van der Waals surface area contributed by atoms with Crippen LogP contribution in [-0.4, -0.2) is 51.4 Å². The van der Waals surface area contributed by atoms with Gasteiger partial charge in [-0.25, -0.2) is 8.78 Å². The van der Waals surface area contributed by atoms with E-state index in [1.54, 1.807) is 9.80 Å². The van der Waals surface area contributed by atoms with E-state index in [2.05, 4.69) is 10.2 Å². The van der Waals surface area contributed by atoms with Gasteiger partial charge in [-0.05, 0) is 36.8 Å². The third-order valence-corrected chi connectivity index (χ3v) is 6.38. The van der Waals surface area contributed by atoms with Crippen molar-refractivity contribution in [1.82, 2.24) is 20.0 Å². The van der Waals surface area contributed by atoms with Crippen LogP contribution in [0.15, 0.2) is 12.1 Å². The molecule has 0 unspecified atom stereocenters. The fourth-order valence-corrected chi connectivity index (χ4v) is 4.59. The molecule has 2 aliphatic heterocycles. The number of nitrogens with one attached hydrogen (secondary N) is 1. The normalized spacial score (nSPS) is 17.0. The topological polar surface area (TPSA) is 93.1 Å². The van der Waals surface area contributed by atoms with Crippen molar-refractivity contribution >= 4 is 11.8 Å². The number of likely N-dealkylation sites (tertiary alicyclic amines) is 1. The lowest BCUT2D eigenvalue weighted by molar-refractivity contribution is -0.129. The summed E-state index contributed by atoms with van der Waals surface area (Å²) in [6.07, 6.45) is 0.983. The summed E-state index contributed by atoms with van der Waals surface area (Å²) < 4.78 is 56.0. The Morgan fingerprint density at radius 2 is 1.88 bits per heavy atom. The van der Waals surface area contributed by atoms with Gasteiger partial charge < -0.3 is 9.80 Å². The summed E-state index contributed by atoms with van der Waals surface area (Å²) in [4.78, 5) is 27.8. The minimum atomic E-state index is -4.17. The highest BCUT2D eigenvalue weighted by Crippen LogP contribution is 2.40. The molecule has 0 radical (unpaired) electrons. The highest BCUT2D eigenvalue weighted by molar-refractivity contribution is 5.94. The summed E-state index contributed by atoms with van der Waals surface area (Å²) in [5.41, 5.74) is 0.396. The van der Waals surface area contributed by atoms with Crippen molar-refractivity contribution in [3.05, 3.63) is 51.8 Å². The number of hydrogen-bond acceptors (Lipinski definition) is 4. The molecule has 0 saturated carbocycles. The lowest BCUT2D eigenvalue weighted by atomic mass is 9.84. The van der Waals surface area contributed by atoms with E-state index in [0.29, 0.717) is 25.2 Å². The van der Waals surface area contributed by atoms with Crippen LogP contribution in [0.25, 0.3) is 0 Å². The number of H-pyrrole nitrogens is 1. The third-order valence-electron chi connectivity index (χ3n) is 6.38. The van der Waals surface area contributed by atoms with Gasteiger partial charge in [0, 0.05) is 32.1 Å². The van der Waals surface area contributed by atoms with Crippen molar-refractivity contribution in [3.63, 3.8) is 0 Å². The fourth-order valence-electron chi connectivity index (χ4n) is 4.59. The first kappa shape index (κ1) is 22.8.